The zero-order valence-electron chi connectivity index (χ0n) is 12.6. The van der Waals surface area contributed by atoms with E-state index in [9.17, 15) is 9.90 Å². The molecule has 0 saturated heterocycles. The first kappa shape index (κ1) is 18.3. The molecule has 0 aliphatic heterocycles. The van der Waals surface area contributed by atoms with E-state index < -0.39 is 5.97 Å². The van der Waals surface area contributed by atoms with Gasteiger partial charge >= 0.3 is 29.6 Å². The van der Waals surface area contributed by atoms with Gasteiger partial charge in [0.05, 0.1) is 7.11 Å². The fraction of sp³-hybridized carbons (Fsp3) is 0.118. The van der Waals surface area contributed by atoms with Crippen LogP contribution < -0.4 is 39.4 Å². The van der Waals surface area contributed by atoms with Gasteiger partial charge in [-0.05, 0) is 29.3 Å². The molecule has 5 heteroatoms. The van der Waals surface area contributed by atoms with E-state index in [1.807, 2.05) is 30.3 Å². The summed E-state index contributed by atoms with van der Waals surface area (Å²) >= 11 is 0. The Morgan fingerprint density at radius 1 is 1.09 bits per heavy atom. The van der Waals surface area contributed by atoms with Crippen LogP contribution in [0.4, 0.5) is 0 Å². The molecular formula is C17H15NaO4. The van der Waals surface area contributed by atoms with Crippen LogP contribution in [-0.4, -0.2) is 13.1 Å². The first-order valence-corrected chi connectivity index (χ1v) is 6.43. The number of carboxylic acid groups (broad SMARTS) is 1. The molecule has 0 unspecified atom stereocenters. The topological polar surface area (TPSA) is 58.6 Å². The third-order valence-corrected chi connectivity index (χ3v) is 2.85. The number of carbonyl (C=O) groups excluding carboxylic acids is 1. The monoisotopic (exact) mass is 306 g/mol. The largest absolute Gasteiger partial charge is 1.00 e. The molecule has 0 radical (unpaired) electrons. The van der Waals surface area contributed by atoms with Crippen LogP contribution in [0.5, 0.6) is 5.75 Å². The smallest absolute Gasteiger partial charge is 0.542 e. The van der Waals surface area contributed by atoms with Crippen molar-refractivity contribution in [1.82, 2.24) is 0 Å². The van der Waals surface area contributed by atoms with Crippen LogP contribution in [0.3, 0.4) is 0 Å². The van der Waals surface area contributed by atoms with Gasteiger partial charge in [0.1, 0.15) is 24.1 Å². The van der Waals surface area contributed by atoms with Gasteiger partial charge in [-0.1, -0.05) is 42.5 Å². The standard InChI is InChI=1S/C17H16O4.Na/c1-20-16(17(18)19)11-13-7-9-15(10-8-13)21-12-14-5-3-2-4-6-14;/h2-11H,12H2,1H3,(H,18,19);/q;+1/p-1/b16-11-;. The third-order valence-electron chi connectivity index (χ3n) is 2.85. The summed E-state index contributed by atoms with van der Waals surface area (Å²) < 4.78 is 10.4. The van der Waals surface area contributed by atoms with Gasteiger partial charge in [0, 0.05) is 0 Å². The van der Waals surface area contributed by atoms with E-state index >= 15 is 0 Å². The minimum absolute atomic E-state index is 0. The number of hydrogen-bond donors (Lipinski definition) is 0. The molecule has 4 nitrogen and oxygen atoms in total. The van der Waals surface area contributed by atoms with E-state index in [-0.39, 0.29) is 35.3 Å². The number of carbonyl (C=O) groups is 1. The molecule has 0 aliphatic carbocycles. The normalized spacial score (nSPS) is 10.5. The summed E-state index contributed by atoms with van der Waals surface area (Å²) in [5, 5.41) is 10.7. The predicted octanol–water partition coefficient (Wildman–Crippen LogP) is -0.993. The molecule has 0 amide bonds. The molecule has 2 aromatic carbocycles. The van der Waals surface area contributed by atoms with Crippen molar-refractivity contribution in [3.8, 4) is 5.75 Å². The Morgan fingerprint density at radius 2 is 1.73 bits per heavy atom. The van der Waals surface area contributed by atoms with E-state index in [1.165, 1.54) is 13.2 Å². The van der Waals surface area contributed by atoms with Gasteiger partial charge in [-0.3, -0.25) is 0 Å². The van der Waals surface area contributed by atoms with E-state index in [0.29, 0.717) is 17.9 Å². The second-order valence-electron chi connectivity index (χ2n) is 4.34. The Labute approximate surface area is 151 Å². The third kappa shape index (κ3) is 5.56. The number of ether oxygens (including phenoxy) is 2. The second-order valence-corrected chi connectivity index (χ2v) is 4.34. The molecule has 2 rings (SSSR count). The first-order valence-electron chi connectivity index (χ1n) is 6.43. The molecule has 2 aromatic rings. The minimum Gasteiger partial charge on any atom is -0.542 e. The number of hydrogen-bond acceptors (Lipinski definition) is 4. The Morgan fingerprint density at radius 3 is 2.27 bits per heavy atom. The number of aliphatic carboxylic acids is 1. The summed E-state index contributed by atoms with van der Waals surface area (Å²) in [6.07, 6.45) is 1.40. The van der Waals surface area contributed by atoms with Crippen LogP contribution in [0.2, 0.25) is 0 Å². The quantitative estimate of drug-likeness (QED) is 0.390. The molecule has 0 saturated carbocycles. The molecule has 0 atom stereocenters. The Hall–Kier alpha value is -1.75. The number of rotatable bonds is 6. The van der Waals surface area contributed by atoms with Crippen LogP contribution in [0.15, 0.2) is 60.4 Å². The first-order chi connectivity index (χ1) is 10.2. The molecule has 0 bridgehead atoms. The fourth-order valence-electron chi connectivity index (χ4n) is 1.75. The van der Waals surface area contributed by atoms with Gasteiger partial charge in [-0.25, -0.2) is 0 Å². The van der Waals surface area contributed by atoms with Crippen molar-refractivity contribution in [3.63, 3.8) is 0 Å². The molecule has 0 spiro atoms. The Balaban J connectivity index is 0.00000242. The van der Waals surface area contributed by atoms with Crippen molar-refractivity contribution in [2.45, 2.75) is 6.61 Å². The summed E-state index contributed by atoms with van der Waals surface area (Å²) in [6.45, 7) is 0.485. The van der Waals surface area contributed by atoms with Gasteiger partial charge in [-0.2, -0.15) is 0 Å². The maximum Gasteiger partial charge on any atom is 1.00 e. The zero-order chi connectivity index (χ0) is 15.1. The van der Waals surface area contributed by atoms with Crippen molar-refractivity contribution in [2.75, 3.05) is 7.11 Å². The minimum atomic E-state index is -1.35. The number of carboxylic acids is 1. The Bertz CT molecular complexity index is 621. The van der Waals surface area contributed by atoms with E-state index in [2.05, 4.69) is 0 Å². The van der Waals surface area contributed by atoms with Gasteiger partial charge in [-0.15, -0.1) is 0 Å². The summed E-state index contributed by atoms with van der Waals surface area (Å²) in [6, 6.07) is 16.9. The van der Waals surface area contributed by atoms with Crippen molar-refractivity contribution >= 4 is 12.0 Å². The van der Waals surface area contributed by atoms with Crippen molar-refractivity contribution in [2.24, 2.45) is 0 Å². The number of benzene rings is 2. The Kier molecular flexibility index (Phi) is 7.74. The summed E-state index contributed by atoms with van der Waals surface area (Å²) in [5.74, 6) is -0.849. The summed E-state index contributed by atoms with van der Waals surface area (Å²) in [4.78, 5) is 10.7. The average molecular weight is 306 g/mol. The van der Waals surface area contributed by atoms with Crippen LogP contribution >= 0.6 is 0 Å². The second kappa shape index (κ2) is 9.30. The molecule has 0 fully saturated rings. The van der Waals surface area contributed by atoms with Crippen molar-refractivity contribution in [1.29, 1.82) is 0 Å². The van der Waals surface area contributed by atoms with Crippen molar-refractivity contribution < 1.29 is 48.9 Å². The maximum absolute atomic E-state index is 10.7. The number of methoxy groups -OCH3 is 1. The van der Waals surface area contributed by atoms with E-state index in [1.54, 1.807) is 24.3 Å². The molecule has 22 heavy (non-hydrogen) atoms. The van der Waals surface area contributed by atoms with Gasteiger partial charge in [0.2, 0.25) is 0 Å². The van der Waals surface area contributed by atoms with Crippen molar-refractivity contribution in [3.05, 3.63) is 71.5 Å². The van der Waals surface area contributed by atoms with Crippen LogP contribution in [0, 0.1) is 0 Å². The van der Waals surface area contributed by atoms with Gasteiger partial charge in [0.25, 0.3) is 0 Å². The van der Waals surface area contributed by atoms with Crippen LogP contribution in [-0.2, 0) is 16.1 Å². The zero-order valence-corrected chi connectivity index (χ0v) is 14.6. The fourth-order valence-corrected chi connectivity index (χ4v) is 1.75. The summed E-state index contributed by atoms with van der Waals surface area (Å²) in [5.41, 5.74) is 1.78. The molecule has 0 heterocycles. The molecular weight excluding hydrogens is 291 g/mol. The van der Waals surface area contributed by atoms with Gasteiger partial charge < -0.3 is 19.4 Å². The predicted molar refractivity (Wildman–Crippen MR) is 77.2 cm³/mol. The molecule has 0 N–H and O–H groups in total. The molecule has 108 valence electrons. The van der Waals surface area contributed by atoms with Gasteiger partial charge in [0.15, 0.2) is 0 Å². The summed E-state index contributed by atoms with van der Waals surface area (Å²) in [7, 11) is 1.29. The van der Waals surface area contributed by atoms with E-state index in [0.717, 1.165) is 5.56 Å². The molecule has 0 aliphatic rings. The van der Waals surface area contributed by atoms with E-state index in [4.69, 9.17) is 9.47 Å². The maximum atomic E-state index is 10.7. The van der Waals surface area contributed by atoms with Crippen LogP contribution in [0.1, 0.15) is 11.1 Å². The average Bonchev–Trinajstić information content (AvgIpc) is 2.52. The molecule has 0 aromatic heterocycles. The SMILES string of the molecule is CO/C(=C\c1ccc(OCc2ccccc2)cc1)C(=O)[O-].[Na+]. The van der Waals surface area contributed by atoms with Crippen LogP contribution in [0.25, 0.3) is 6.08 Å².